The highest BCUT2D eigenvalue weighted by atomic mass is 19.2. The predicted octanol–water partition coefficient (Wildman–Crippen LogP) is 7.26. The summed E-state index contributed by atoms with van der Waals surface area (Å²) in [5.41, 5.74) is 2.64. The Labute approximate surface area is 196 Å². The van der Waals surface area contributed by atoms with Gasteiger partial charge in [0.05, 0.1) is 6.61 Å². The van der Waals surface area contributed by atoms with Gasteiger partial charge in [0.25, 0.3) is 0 Å². The van der Waals surface area contributed by atoms with Crippen LogP contribution >= 0.6 is 0 Å². The van der Waals surface area contributed by atoms with Crippen LogP contribution in [-0.4, -0.2) is 11.7 Å². The molecule has 0 amide bonds. The Bertz CT molecular complexity index is 1270. The van der Waals surface area contributed by atoms with Crippen molar-refractivity contribution in [2.24, 2.45) is 0 Å². The molecule has 4 aromatic carbocycles. The molecule has 0 aliphatic heterocycles. The minimum Gasteiger partial charge on any atom is -0.508 e. The van der Waals surface area contributed by atoms with Gasteiger partial charge in [-0.05, 0) is 53.9 Å². The van der Waals surface area contributed by atoms with Crippen LogP contribution in [0, 0.1) is 17.5 Å². The van der Waals surface area contributed by atoms with E-state index in [9.17, 15) is 18.3 Å². The zero-order valence-electron chi connectivity index (χ0n) is 18.5. The van der Waals surface area contributed by atoms with Gasteiger partial charge in [-0.2, -0.15) is 0 Å². The average Bonchev–Trinajstić information content (AvgIpc) is 2.85. The first-order chi connectivity index (χ1) is 16.5. The summed E-state index contributed by atoms with van der Waals surface area (Å²) < 4.78 is 54.4. The normalized spacial score (nSPS) is 10.9. The van der Waals surface area contributed by atoms with E-state index in [1.54, 1.807) is 30.3 Å². The van der Waals surface area contributed by atoms with E-state index in [-0.39, 0.29) is 35.9 Å². The zero-order chi connectivity index (χ0) is 24.1. The number of halogens is 3. The van der Waals surface area contributed by atoms with Crippen molar-refractivity contribution in [2.45, 2.75) is 20.1 Å². The van der Waals surface area contributed by atoms with E-state index in [0.717, 1.165) is 5.56 Å². The molecule has 0 radical (unpaired) electrons. The van der Waals surface area contributed by atoms with Crippen molar-refractivity contribution in [2.75, 3.05) is 6.61 Å². The van der Waals surface area contributed by atoms with E-state index in [1.807, 2.05) is 13.0 Å². The minimum atomic E-state index is -0.982. The molecule has 0 heterocycles. The molecule has 174 valence electrons. The van der Waals surface area contributed by atoms with E-state index in [0.29, 0.717) is 29.0 Å². The Morgan fingerprint density at radius 1 is 0.676 bits per heavy atom. The molecule has 0 bridgehead atoms. The largest absolute Gasteiger partial charge is 0.508 e. The van der Waals surface area contributed by atoms with E-state index in [4.69, 9.17) is 9.47 Å². The molecule has 0 atom stereocenters. The maximum Gasteiger partial charge on any atom is 0.167 e. The molecule has 4 aromatic rings. The number of aromatic hydroxyl groups is 1. The van der Waals surface area contributed by atoms with Gasteiger partial charge in [0, 0.05) is 23.3 Å². The summed E-state index contributed by atoms with van der Waals surface area (Å²) in [5, 5.41) is 9.38. The number of benzene rings is 4. The molecule has 0 aliphatic carbocycles. The van der Waals surface area contributed by atoms with Gasteiger partial charge in [-0.3, -0.25) is 0 Å². The Hall–Kier alpha value is -3.77. The van der Waals surface area contributed by atoms with Crippen molar-refractivity contribution in [3.8, 4) is 33.8 Å². The lowest BCUT2D eigenvalue weighted by Gasteiger charge is -2.11. The van der Waals surface area contributed by atoms with Crippen molar-refractivity contribution in [3.05, 3.63) is 107 Å². The van der Waals surface area contributed by atoms with Gasteiger partial charge in [-0.15, -0.1) is 0 Å². The van der Waals surface area contributed by atoms with E-state index >= 15 is 0 Å². The molecule has 0 aromatic heterocycles. The first-order valence-electron chi connectivity index (χ1n) is 10.8. The standard InChI is InChI=1S/C28H23F3O3/c1-2-33-16-21-4-3-20(15-26(21)29)18-7-12-24(13-8-18)34-17-22-9-14-25(28(31)27(22)30)19-5-10-23(32)11-6-19/h3-15,32H,2,16-17H2,1H3. The van der Waals surface area contributed by atoms with Gasteiger partial charge < -0.3 is 14.6 Å². The Morgan fingerprint density at radius 3 is 2.00 bits per heavy atom. The van der Waals surface area contributed by atoms with Crippen LogP contribution in [0.1, 0.15) is 18.1 Å². The van der Waals surface area contributed by atoms with Crippen LogP contribution in [0.5, 0.6) is 11.5 Å². The highest BCUT2D eigenvalue weighted by Crippen LogP contribution is 2.29. The van der Waals surface area contributed by atoms with E-state index in [1.165, 1.54) is 42.5 Å². The SMILES string of the molecule is CCOCc1ccc(-c2ccc(OCc3ccc(-c4ccc(O)cc4)c(F)c3F)cc2)cc1F. The van der Waals surface area contributed by atoms with Crippen LogP contribution in [0.3, 0.4) is 0 Å². The highest BCUT2D eigenvalue weighted by molar-refractivity contribution is 5.66. The molecule has 6 heteroatoms. The van der Waals surface area contributed by atoms with Crippen LogP contribution < -0.4 is 4.74 Å². The van der Waals surface area contributed by atoms with Gasteiger partial charge in [-0.25, -0.2) is 13.2 Å². The molecular weight excluding hydrogens is 441 g/mol. The Morgan fingerprint density at radius 2 is 1.32 bits per heavy atom. The third kappa shape index (κ3) is 5.24. The molecule has 0 unspecified atom stereocenters. The number of ether oxygens (including phenoxy) is 2. The molecule has 3 nitrogen and oxygen atoms in total. The molecule has 1 N–H and O–H groups in total. The summed E-state index contributed by atoms with van der Waals surface area (Å²) in [7, 11) is 0. The van der Waals surface area contributed by atoms with Crippen LogP contribution in [0.25, 0.3) is 22.3 Å². The molecular formula is C28H23F3O3. The summed E-state index contributed by atoms with van der Waals surface area (Å²) in [6, 6.07) is 20.7. The number of hydrogen-bond acceptors (Lipinski definition) is 3. The lowest BCUT2D eigenvalue weighted by molar-refractivity contribution is 0.131. The summed E-state index contributed by atoms with van der Waals surface area (Å²) in [4.78, 5) is 0. The van der Waals surface area contributed by atoms with Crippen molar-refractivity contribution >= 4 is 0 Å². The average molecular weight is 464 g/mol. The molecule has 0 aliphatic rings. The van der Waals surface area contributed by atoms with Gasteiger partial charge in [0.15, 0.2) is 11.6 Å². The van der Waals surface area contributed by atoms with Crippen LogP contribution in [-0.2, 0) is 18.0 Å². The van der Waals surface area contributed by atoms with Crippen LogP contribution in [0.2, 0.25) is 0 Å². The highest BCUT2D eigenvalue weighted by Gasteiger charge is 2.15. The second-order valence-corrected chi connectivity index (χ2v) is 7.70. The van der Waals surface area contributed by atoms with Gasteiger partial charge in [0.2, 0.25) is 0 Å². The molecule has 0 spiro atoms. The number of hydrogen-bond donors (Lipinski definition) is 1. The number of phenols is 1. The van der Waals surface area contributed by atoms with Crippen LogP contribution in [0.4, 0.5) is 13.2 Å². The lowest BCUT2D eigenvalue weighted by Crippen LogP contribution is -2.02. The topological polar surface area (TPSA) is 38.7 Å². The monoisotopic (exact) mass is 464 g/mol. The quantitative estimate of drug-likeness (QED) is 0.298. The summed E-state index contributed by atoms with van der Waals surface area (Å²) in [5.74, 6) is -1.77. The first kappa shape index (κ1) is 23.4. The Balaban J connectivity index is 1.44. The van der Waals surface area contributed by atoms with E-state index in [2.05, 4.69) is 0 Å². The summed E-state index contributed by atoms with van der Waals surface area (Å²) in [6.07, 6.45) is 0. The molecule has 0 saturated carbocycles. The fourth-order valence-corrected chi connectivity index (χ4v) is 3.53. The smallest absolute Gasteiger partial charge is 0.167 e. The van der Waals surface area contributed by atoms with Crippen molar-refractivity contribution in [1.82, 2.24) is 0 Å². The fourth-order valence-electron chi connectivity index (χ4n) is 3.53. The van der Waals surface area contributed by atoms with E-state index < -0.39 is 11.6 Å². The maximum absolute atomic E-state index is 14.6. The van der Waals surface area contributed by atoms with Gasteiger partial charge in [-0.1, -0.05) is 48.5 Å². The number of rotatable bonds is 8. The second kappa shape index (κ2) is 10.4. The number of phenolic OH excluding ortho intramolecular Hbond substituents is 1. The molecule has 34 heavy (non-hydrogen) atoms. The molecule has 4 rings (SSSR count). The Kier molecular flexibility index (Phi) is 7.18. The van der Waals surface area contributed by atoms with Crippen LogP contribution in [0.15, 0.2) is 78.9 Å². The third-order valence-corrected chi connectivity index (χ3v) is 5.44. The van der Waals surface area contributed by atoms with Crippen molar-refractivity contribution in [3.63, 3.8) is 0 Å². The first-order valence-corrected chi connectivity index (χ1v) is 10.8. The third-order valence-electron chi connectivity index (χ3n) is 5.44. The zero-order valence-corrected chi connectivity index (χ0v) is 18.5. The van der Waals surface area contributed by atoms with Gasteiger partial charge >= 0.3 is 0 Å². The summed E-state index contributed by atoms with van der Waals surface area (Å²) in [6.45, 7) is 2.44. The lowest BCUT2D eigenvalue weighted by atomic mass is 10.0. The van der Waals surface area contributed by atoms with Crippen molar-refractivity contribution in [1.29, 1.82) is 0 Å². The maximum atomic E-state index is 14.6. The fraction of sp³-hybridized carbons (Fsp3) is 0.143. The summed E-state index contributed by atoms with van der Waals surface area (Å²) >= 11 is 0. The predicted molar refractivity (Wildman–Crippen MR) is 125 cm³/mol. The molecule has 0 saturated heterocycles. The molecule has 0 fully saturated rings. The minimum absolute atomic E-state index is 0.0457. The van der Waals surface area contributed by atoms with Gasteiger partial charge in [0.1, 0.15) is 23.9 Å². The van der Waals surface area contributed by atoms with Crippen molar-refractivity contribution < 1.29 is 27.8 Å². The second-order valence-electron chi connectivity index (χ2n) is 7.70.